The summed E-state index contributed by atoms with van der Waals surface area (Å²) in [5, 5.41) is 0.994. The van der Waals surface area contributed by atoms with Gasteiger partial charge in [0.05, 0.1) is 31.5 Å². The number of hydrogen-bond acceptors (Lipinski definition) is 7. The quantitative estimate of drug-likeness (QED) is 0.110. The lowest BCUT2D eigenvalue weighted by Gasteiger charge is -2.36. The van der Waals surface area contributed by atoms with E-state index in [4.69, 9.17) is 14.2 Å². The minimum Gasteiger partial charge on any atom is -0.465 e. The summed E-state index contributed by atoms with van der Waals surface area (Å²) >= 11 is 2.30. The summed E-state index contributed by atoms with van der Waals surface area (Å²) < 4.78 is 18.2. The van der Waals surface area contributed by atoms with Crippen LogP contribution in [-0.2, 0) is 30.2 Å². The number of benzene rings is 1. The number of allylic oxidation sites excluding steroid dienone is 1. The number of fused-ring (bicyclic) bond motifs is 3. The van der Waals surface area contributed by atoms with Crippen LogP contribution in [0.2, 0.25) is 0 Å². The van der Waals surface area contributed by atoms with E-state index in [-0.39, 0.29) is 11.6 Å². The van der Waals surface area contributed by atoms with Crippen LogP contribution in [0.25, 0.3) is 10.9 Å². The molecule has 0 spiro atoms. The fourth-order valence-corrected chi connectivity index (χ4v) is 4.90. The molecule has 0 bridgehead atoms. The highest BCUT2D eigenvalue weighted by Gasteiger charge is 2.36. The van der Waals surface area contributed by atoms with Crippen molar-refractivity contribution in [3.8, 4) is 0 Å². The number of ether oxygens (including phenoxy) is 3. The summed E-state index contributed by atoms with van der Waals surface area (Å²) in [6.45, 7) is 8.90. The average molecular weight is 608 g/mol. The van der Waals surface area contributed by atoms with Gasteiger partial charge in [0, 0.05) is 22.1 Å². The highest BCUT2D eigenvalue weighted by atomic mass is 127. The lowest BCUT2D eigenvalue weighted by molar-refractivity contribution is -0.144. The normalized spacial score (nSPS) is 16.3. The fourth-order valence-electron chi connectivity index (χ4n) is 4.46. The first kappa shape index (κ1) is 27.9. The van der Waals surface area contributed by atoms with Crippen molar-refractivity contribution in [1.29, 1.82) is 0 Å². The minimum atomic E-state index is -0.764. The number of aromatic nitrogens is 1. The van der Waals surface area contributed by atoms with Gasteiger partial charge in [-0.25, -0.2) is 19.0 Å². The molecule has 1 aliphatic heterocycles. The zero-order valence-corrected chi connectivity index (χ0v) is 23.7. The lowest BCUT2D eigenvalue weighted by Crippen LogP contribution is -2.39. The van der Waals surface area contributed by atoms with Gasteiger partial charge in [-0.1, -0.05) is 30.4 Å². The second-order valence-electron chi connectivity index (χ2n) is 9.51. The molecule has 3 rings (SSSR count). The lowest BCUT2D eigenvalue weighted by atomic mass is 9.94. The number of carbonyl (C=O) groups excluding carboxylic acids is 3. The van der Waals surface area contributed by atoms with Gasteiger partial charge in [0.1, 0.15) is 11.2 Å². The Kier molecular flexibility index (Phi) is 8.99. The van der Waals surface area contributed by atoms with E-state index in [2.05, 4.69) is 27.5 Å². The van der Waals surface area contributed by atoms with E-state index in [0.717, 1.165) is 38.7 Å². The molecule has 0 fully saturated rings. The van der Waals surface area contributed by atoms with Crippen molar-refractivity contribution in [2.45, 2.75) is 52.2 Å². The van der Waals surface area contributed by atoms with E-state index in [1.807, 2.05) is 58.0 Å². The molecule has 194 valence electrons. The molecule has 36 heavy (non-hydrogen) atoms. The van der Waals surface area contributed by atoms with Gasteiger partial charge >= 0.3 is 18.0 Å². The van der Waals surface area contributed by atoms with Crippen molar-refractivity contribution in [3.05, 3.63) is 56.8 Å². The number of para-hydroxylation sites is 1. The molecule has 0 amide bonds. The van der Waals surface area contributed by atoms with Crippen LogP contribution in [0.1, 0.15) is 51.4 Å². The molecule has 2 heterocycles. The number of methoxy groups -OCH3 is 2. The van der Waals surface area contributed by atoms with Crippen molar-refractivity contribution in [2.24, 2.45) is 0 Å². The summed E-state index contributed by atoms with van der Waals surface area (Å²) in [6, 6.07) is 7.48. The Balaban J connectivity index is 2.22. The third-order valence-electron chi connectivity index (χ3n) is 6.02. The Morgan fingerprint density at radius 1 is 1.11 bits per heavy atom. The molecule has 0 radical (unpaired) electrons. The molecule has 1 unspecified atom stereocenters. The molecule has 0 saturated carbocycles. The molecule has 0 N–H and O–H groups in total. The molecule has 2 aromatic rings. The van der Waals surface area contributed by atoms with Gasteiger partial charge in [-0.15, -0.1) is 0 Å². The molecule has 0 aliphatic carbocycles. The highest BCUT2D eigenvalue weighted by Crippen LogP contribution is 2.40. The summed E-state index contributed by atoms with van der Waals surface area (Å²) in [4.78, 5) is 40.4. The summed E-state index contributed by atoms with van der Waals surface area (Å²) in [5.41, 5.74) is 1.80. The van der Waals surface area contributed by atoms with Gasteiger partial charge in [-0.05, 0) is 74.8 Å². The second kappa shape index (κ2) is 11.6. The fraction of sp³-hybridized carbons (Fsp3) is 0.444. The van der Waals surface area contributed by atoms with Gasteiger partial charge in [-0.2, -0.15) is 0 Å². The predicted octanol–water partition coefficient (Wildman–Crippen LogP) is 5.33. The Hall–Kier alpha value is -2.66. The Bertz CT molecular complexity index is 1200. The highest BCUT2D eigenvalue weighted by molar-refractivity contribution is 14.1. The maximum absolute atomic E-state index is 13.5. The zero-order valence-electron chi connectivity index (χ0n) is 21.6. The number of hydrogen-bond donors (Lipinski definition) is 0. The topological polar surface area (TPSA) is 87.1 Å². The monoisotopic (exact) mass is 608 g/mol. The molecule has 9 heteroatoms. The molecular weight excluding hydrogens is 575 g/mol. The first-order chi connectivity index (χ1) is 17.0. The van der Waals surface area contributed by atoms with Crippen molar-refractivity contribution in [3.63, 3.8) is 0 Å². The van der Waals surface area contributed by atoms with Crippen LogP contribution in [0, 0.1) is 0 Å². The summed E-state index contributed by atoms with van der Waals surface area (Å²) in [5.74, 6) is -1.53. The maximum Gasteiger partial charge on any atom is 0.419 e. The van der Waals surface area contributed by atoms with Gasteiger partial charge in [0.2, 0.25) is 0 Å². The van der Waals surface area contributed by atoms with Crippen LogP contribution in [0.4, 0.5) is 4.79 Å². The molecule has 1 aromatic heterocycles. The van der Waals surface area contributed by atoms with Crippen LogP contribution < -0.4 is 0 Å². The maximum atomic E-state index is 13.5. The van der Waals surface area contributed by atoms with E-state index >= 15 is 0 Å². The van der Waals surface area contributed by atoms with Crippen molar-refractivity contribution in [2.75, 3.05) is 27.3 Å². The van der Waals surface area contributed by atoms with Crippen LogP contribution in [-0.4, -0.2) is 60.4 Å². The van der Waals surface area contributed by atoms with Gasteiger partial charge < -0.3 is 14.2 Å². The number of carbonyl (C=O) groups is 3. The molecule has 8 nitrogen and oxygen atoms in total. The third-order valence-corrected chi connectivity index (χ3v) is 6.99. The number of nitrogens with zero attached hydrogens (tertiary/aromatic N) is 2. The SMILES string of the molecule is C/C=C(\I)CN1CCc2c(n(C(=O)OC(C)(C)C)c3ccccc23)C1CC=C(C(=O)OC)C(=O)OC. The second-order valence-corrected chi connectivity index (χ2v) is 10.9. The van der Waals surface area contributed by atoms with Crippen LogP contribution in [0.3, 0.4) is 0 Å². The Morgan fingerprint density at radius 2 is 1.75 bits per heavy atom. The zero-order chi connectivity index (χ0) is 26.6. The molecule has 1 atom stereocenters. The van der Waals surface area contributed by atoms with Gasteiger partial charge in [0.25, 0.3) is 0 Å². The summed E-state index contributed by atoms with van der Waals surface area (Å²) in [7, 11) is 2.44. The molecule has 0 saturated heterocycles. The predicted molar refractivity (Wildman–Crippen MR) is 146 cm³/mol. The van der Waals surface area contributed by atoms with E-state index in [0.29, 0.717) is 13.0 Å². The third kappa shape index (κ3) is 6.00. The van der Waals surface area contributed by atoms with E-state index < -0.39 is 23.6 Å². The molecule has 1 aromatic carbocycles. The Labute approximate surface area is 225 Å². The van der Waals surface area contributed by atoms with Crippen LogP contribution in [0.15, 0.2) is 45.6 Å². The average Bonchev–Trinajstić information content (AvgIpc) is 3.18. The number of halogens is 1. The first-order valence-corrected chi connectivity index (χ1v) is 12.9. The standard InChI is InChI=1S/C27H33IN2O6/c1-7-17(28)16-29-15-14-19-18-10-8-9-11-21(18)30(26(33)36-27(2,3)4)23(19)22(29)13-12-20(24(31)34-5)25(32)35-6/h7-12,22H,13-16H2,1-6H3/b17-7-. The Morgan fingerprint density at radius 3 is 2.33 bits per heavy atom. The van der Waals surface area contributed by atoms with Gasteiger partial charge in [0.15, 0.2) is 0 Å². The van der Waals surface area contributed by atoms with E-state index in [1.54, 1.807) is 10.6 Å². The minimum absolute atomic E-state index is 0.173. The van der Waals surface area contributed by atoms with Crippen LogP contribution >= 0.6 is 22.6 Å². The van der Waals surface area contributed by atoms with Crippen molar-refractivity contribution >= 4 is 51.5 Å². The molecule has 1 aliphatic rings. The smallest absolute Gasteiger partial charge is 0.419 e. The summed E-state index contributed by atoms with van der Waals surface area (Å²) in [6.07, 6.45) is 4.17. The van der Waals surface area contributed by atoms with Crippen LogP contribution in [0.5, 0.6) is 0 Å². The molecular formula is C27H33IN2O6. The number of rotatable bonds is 6. The van der Waals surface area contributed by atoms with Gasteiger partial charge in [-0.3, -0.25) is 4.90 Å². The van der Waals surface area contributed by atoms with E-state index in [9.17, 15) is 14.4 Å². The van der Waals surface area contributed by atoms with Crippen molar-refractivity contribution in [1.82, 2.24) is 9.47 Å². The van der Waals surface area contributed by atoms with E-state index in [1.165, 1.54) is 14.2 Å². The van der Waals surface area contributed by atoms with Crippen molar-refractivity contribution < 1.29 is 28.6 Å². The largest absolute Gasteiger partial charge is 0.465 e. The first-order valence-electron chi connectivity index (χ1n) is 11.8. The number of esters is 2.